The van der Waals surface area contributed by atoms with Crippen molar-refractivity contribution in [1.82, 2.24) is 20.2 Å². The van der Waals surface area contributed by atoms with Crippen LogP contribution in [0, 0.1) is 12.7 Å². The molecule has 0 aliphatic carbocycles. The van der Waals surface area contributed by atoms with E-state index in [9.17, 15) is 9.18 Å². The first-order valence-electron chi connectivity index (χ1n) is 8.32. The summed E-state index contributed by atoms with van der Waals surface area (Å²) in [6.07, 6.45) is 0.464. The Balaban J connectivity index is 1.45. The molecule has 2 aromatic carbocycles. The highest BCUT2D eigenvalue weighted by molar-refractivity contribution is 5.76. The van der Waals surface area contributed by atoms with E-state index >= 15 is 0 Å². The van der Waals surface area contributed by atoms with E-state index in [2.05, 4.69) is 20.2 Å². The van der Waals surface area contributed by atoms with Gasteiger partial charge in [0, 0.05) is 19.6 Å². The number of amides is 2. The van der Waals surface area contributed by atoms with Gasteiger partial charge in [-0.05, 0) is 37.1 Å². The molecule has 0 atom stereocenters. The summed E-state index contributed by atoms with van der Waals surface area (Å²) < 4.78 is 15.6. The molecule has 2 N–H and O–H groups in total. The van der Waals surface area contributed by atoms with Gasteiger partial charge >= 0.3 is 6.03 Å². The van der Waals surface area contributed by atoms with E-state index in [0.717, 1.165) is 16.9 Å². The van der Waals surface area contributed by atoms with Crippen LogP contribution in [0.4, 0.5) is 9.18 Å². The van der Waals surface area contributed by atoms with Crippen LogP contribution in [-0.4, -0.2) is 28.7 Å². The van der Waals surface area contributed by atoms with Crippen molar-refractivity contribution in [3.05, 3.63) is 65.7 Å². The van der Waals surface area contributed by atoms with Crippen molar-refractivity contribution in [2.24, 2.45) is 0 Å². The van der Waals surface area contributed by atoms with E-state index < -0.39 is 0 Å². The van der Waals surface area contributed by atoms with E-state index in [1.807, 2.05) is 31.2 Å². The molecule has 0 aliphatic rings. The topological polar surface area (TPSA) is 59.0 Å². The number of para-hydroxylation sites is 2. The van der Waals surface area contributed by atoms with Crippen molar-refractivity contribution in [2.45, 2.75) is 19.9 Å². The Morgan fingerprint density at radius 2 is 1.80 bits per heavy atom. The monoisotopic (exact) mass is 340 g/mol. The third kappa shape index (κ3) is 4.15. The van der Waals surface area contributed by atoms with E-state index in [1.165, 1.54) is 6.07 Å². The standard InChI is InChI=1S/C19H21FN4O/c1-14-23-17-8-4-5-9-18(17)24(14)13-12-22-19(25)21-11-10-15-6-2-3-7-16(15)20/h2-9H,10-13H2,1H3,(H2,21,22,25). The highest BCUT2D eigenvalue weighted by Crippen LogP contribution is 2.14. The van der Waals surface area contributed by atoms with Crippen LogP contribution in [0.2, 0.25) is 0 Å². The number of halogens is 1. The molecule has 6 heteroatoms. The van der Waals surface area contributed by atoms with E-state index in [4.69, 9.17) is 0 Å². The Morgan fingerprint density at radius 1 is 1.08 bits per heavy atom. The van der Waals surface area contributed by atoms with Gasteiger partial charge in [-0.15, -0.1) is 0 Å². The number of hydrogen-bond acceptors (Lipinski definition) is 2. The van der Waals surface area contributed by atoms with Crippen LogP contribution in [0.15, 0.2) is 48.5 Å². The molecule has 0 bridgehead atoms. The van der Waals surface area contributed by atoms with Crippen LogP contribution >= 0.6 is 0 Å². The molecule has 0 unspecified atom stereocenters. The van der Waals surface area contributed by atoms with Crippen LogP contribution < -0.4 is 10.6 Å². The van der Waals surface area contributed by atoms with Gasteiger partial charge in [0.15, 0.2) is 0 Å². The summed E-state index contributed by atoms with van der Waals surface area (Å²) in [5.74, 6) is 0.676. The second-order valence-electron chi connectivity index (χ2n) is 5.82. The molecule has 0 aliphatic heterocycles. The first kappa shape index (κ1) is 17.0. The second-order valence-corrected chi connectivity index (χ2v) is 5.82. The molecule has 25 heavy (non-hydrogen) atoms. The molecule has 0 radical (unpaired) electrons. The van der Waals surface area contributed by atoms with Crippen molar-refractivity contribution >= 4 is 17.1 Å². The Labute approximate surface area is 145 Å². The maximum Gasteiger partial charge on any atom is 0.314 e. The molecular weight excluding hydrogens is 319 g/mol. The number of carbonyl (C=O) groups is 1. The molecular formula is C19H21FN4O. The normalized spacial score (nSPS) is 10.8. The van der Waals surface area contributed by atoms with Gasteiger partial charge in [-0.1, -0.05) is 30.3 Å². The number of aromatic nitrogens is 2. The lowest BCUT2D eigenvalue weighted by molar-refractivity contribution is 0.240. The van der Waals surface area contributed by atoms with Crippen LogP contribution in [0.25, 0.3) is 11.0 Å². The average molecular weight is 340 g/mol. The fourth-order valence-electron chi connectivity index (χ4n) is 2.83. The predicted octanol–water partition coefficient (Wildman–Crippen LogP) is 3.03. The highest BCUT2D eigenvalue weighted by Gasteiger charge is 2.07. The first-order valence-corrected chi connectivity index (χ1v) is 8.32. The Kier molecular flexibility index (Phi) is 5.28. The maximum absolute atomic E-state index is 13.5. The minimum Gasteiger partial charge on any atom is -0.338 e. The SMILES string of the molecule is Cc1nc2ccccc2n1CCNC(=O)NCCc1ccccc1F. The number of urea groups is 1. The Hall–Kier alpha value is -2.89. The summed E-state index contributed by atoms with van der Waals surface area (Å²) in [7, 11) is 0. The van der Waals surface area contributed by atoms with Crippen LogP contribution in [0.1, 0.15) is 11.4 Å². The van der Waals surface area contributed by atoms with Gasteiger partial charge in [-0.2, -0.15) is 0 Å². The molecule has 0 fully saturated rings. The molecule has 0 saturated heterocycles. The van der Waals surface area contributed by atoms with E-state index in [-0.39, 0.29) is 11.8 Å². The minimum atomic E-state index is -0.251. The molecule has 3 aromatic rings. The fraction of sp³-hybridized carbons (Fsp3) is 0.263. The van der Waals surface area contributed by atoms with Crippen molar-refractivity contribution in [3.63, 3.8) is 0 Å². The van der Waals surface area contributed by atoms with Crippen molar-refractivity contribution in [2.75, 3.05) is 13.1 Å². The van der Waals surface area contributed by atoms with Crippen molar-refractivity contribution < 1.29 is 9.18 Å². The number of rotatable bonds is 6. The number of nitrogens with one attached hydrogen (secondary N) is 2. The van der Waals surface area contributed by atoms with Gasteiger partial charge in [-0.25, -0.2) is 14.2 Å². The number of imidazole rings is 1. The van der Waals surface area contributed by atoms with Crippen molar-refractivity contribution in [3.8, 4) is 0 Å². The van der Waals surface area contributed by atoms with Gasteiger partial charge in [0.1, 0.15) is 11.6 Å². The van der Waals surface area contributed by atoms with Gasteiger partial charge in [-0.3, -0.25) is 0 Å². The molecule has 1 heterocycles. The summed E-state index contributed by atoms with van der Waals surface area (Å²) in [5.41, 5.74) is 2.61. The zero-order valence-electron chi connectivity index (χ0n) is 14.1. The lowest BCUT2D eigenvalue weighted by Gasteiger charge is -2.10. The number of benzene rings is 2. The first-order chi connectivity index (χ1) is 12.1. The summed E-state index contributed by atoms with van der Waals surface area (Å²) in [5, 5.41) is 5.57. The summed E-state index contributed by atoms with van der Waals surface area (Å²) in [6.45, 7) is 3.48. The largest absolute Gasteiger partial charge is 0.338 e. The van der Waals surface area contributed by atoms with Crippen molar-refractivity contribution in [1.29, 1.82) is 0 Å². The lowest BCUT2D eigenvalue weighted by Crippen LogP contribution is -2.38. The molecule has 0 saturated carbocycles. The number of nitrogens with zero attached hydrogens (tertiary/aromatic N) is 2. The average Bonchev–Trinajstić information content (AvgIpc) is 2.92. The van der Waals surface area contributed by atoms with E-state index in [0.29, 0.717) is 31.6 Å². The molecule has 1 aromatic heterocycles. The third-order valence-electron chi connectivity index (χ3n) is 4.10. The van der Waals surface area contributed by atoms with Gasteiger partial charge in [0.05, 0.1) is 11.0 Å². The Bertz CT molecular complexity index is 875. The molecule has 130 valence electrons. The second kappa shape index (κ2) is 7.79. The summed E-state index contributed by atoms with van der Waals surface area (Å²) in [6, 6.07) is 14.3. The minimum absolute atomic E-state index is 0.243. The quantitative estimate of drug-likeness (QED) is 0.725. The molecule has 3 rings (SSSR count). The summed E-state index contributed by atoms with van der Waals surface area (Å²) >= 11 is 0. The summed E-state index contributed by atoms with van der Waals surface area (Å²) in [4.78, 5) is 16.4. The molecule has 5 nitrogen and oxygen atoms in total. The predicted molar refractivity (Wildman–Crippen MR) is 96.0 cm³/mol. The fourth-order valence-corrected chi connectivity index (χ4v) is 2.83. The lowest BCUT2D eigenvalue weighted by atomic mass is 10.1. The third-order valence-corrected chi connectivity index (χ3v) is 4.10. The number of carbonyl (C=O) groups excluding carboxylic acids is 1. The van der Waals surface area contributed by atoms with E-state index in [1.54, 1.807) is 18.2 Å². The molecule has 0 spiro atoms. The molecule has 2 amide bonds. The number of hydrogen-bond donors (Lipinski definition) is 2. The Morgan fingerprint density at radius 3 is 2.64 bits per heavy atom. The maximum atomic E-state index is 13.5. The smallest absolute Gasteiger partial charge is 0.314 e. The van der Waals surface area contributed by atoms with Gasteiger partial charge < -0.3 is 15.2 Å². The highest BCUT2D eigenvalue weighted by atomic mass is 19.1. The zero-order chi connectivity index (χ0) is 17.6. The number of aryl methyl sites for hydroxylation is 1. The van der Waals surface area contributed by atoms with Gasteiger partial charge in [0.25, 0.3) is 0 Å². The van der Waals surface area contributed by atoms with Crippen LogP contribution in [0.5, 0.6) is 0 Å². The zero-order valence-corrected chi connectivity index (χ0v) is 14.1. The van der Waals surface area contributed by atoms with Crippen LogP contribution in [0.3, 0.4) is 0 Å². The number of fused-ring (bicyclic) bond motifs is 1. The van der Waals surface area contributed by atoms with Crippen LogP contribution in [-0.2, 0) is 13.0 Å². The van der Waals surface area contributed by atoms with Gasteiger partial charge in [0.2, 0.25) is 0 Å².